The summed E-state index contributed by atoms with van der Waals surface area (Å²) < 4.78 is 13.7. The van der Waals surface area contributed by atoms with Crippen molar-refractivity contribution >= 4 is 17.5 Å². The van der Waals surface area contributed by atoms with Crippen molar-refractivity contribution in [3.63, 3.8) is 0 Å². The van der Waals surface area contributed by atoms with E-state index in [-0.39, 0.29) is 13.2 Å². The molecule has 0 radical (unpaired) electrons. The van der Waals surface area contributed by atoms with E-state index in [9.17, 15) is 5.11 Å². The highest BCUT2D eigenvalue weighted by Gasteiger charge is 2.22. The van der Waals surface area contributed by atoms with Gasteiger partial charge in [-0.1, -0.05) is 0 Å². The molecule has 2 unspecified atom stereocenters. The summed E-state index contributed by atoms with van der Waals surface area (Å²) in [6.07, 6.45) is -0.888. The molecular weight excluding hydrogens is 256 g/mol. The maximum Gasteiger partial charge on any atom is 0.270 e. The van der Waals surface area contributed by atoms with Crippen LogP contribution in [0.2, 0.25) is 0 Å². The number of aliphatic hydroxyl groups is 2. The zero-order valence-electron chi connectivity index (χ0n) is 10.2. The number of nitrogens with one attached hydrogen (secondary N) is 1. The average Bonchev–Trinajstić information content (AvgIpc) is 2.84. The number of hydrogen-bond acceptors (Lipinski definition) is 8. The molecule has 0 saturated carbocycles. The standard InChI is InChI=1S/C10H18N4O3S/c1-7-4-14(3-2-11-7)9-10(13-18-12-9)17-6-8(16)5-15/h7-8,11,15-16H,2-6H2,1H3. The SMILES string of the molecule is CC1CN(c2nsnc2OCC(O)CO)CCN1. The van der Waals surface area contributed by atoms with Gasteiger partial charge in [-0.05, 0) is 6.92 Å². The fraction of sp³-hybridized carbons (Fsp3) is 0.800. The maximum absolute atomic E-state index is 9.26. The molecule has 2 rings (SSSR count). The Bertz CT molecular complexity index is 376. The lowest BCUT2D eigenvalue weighted by molar-refractivity contribution is 0.0525. The third-order valence-corrected chi connectivity index (χ3v) is 3.24. The van der Waals surface area contributed by atoms with Crippen LogP contribution in [0.25, 0.3) is 0 Å². The molecule has 0 amide bonds. The Morgan fingerprint density at radius 2 is 2.44 bits per heavy atom. The molecule has 18 heavy (non-hydrogen) atoms. The monoisotopic (exact) mass is 274 g/mol. The van der Waals surface area contributed by atoms with E-state index in [0.29, 0.717) is 11.9 Å². The minimum absolute atomic E-state index is 0.0244. The van der Waals surface area contributed by atoms with Gasteiger partial charge in [0.05, 0.1) is 18.3 Å². The Morgan fingerprint density at radius 1 is 1.61 bits per heavy atom. The van der Waals surface area contributed by atoms with Crippen LogP contribution in [0.3, 0.4) is 0 Å². The smallest absolute Gasteiger partial charge is 0.270 e. The molecule has 1 saturated heterocycles. The third-order valence-electron chi connectivity index (χ3n) is 2.73. The van der Waals surface area contributed by atoms with Crippen molar-refractivity contribution < 1.29 is 14.9 Å². The summed E-state index contributed by atoms with van der Waals surface area (Å²) in [7, 11) is 0. The molecule has 0 aromatic carbocycles. The summed E-state index contributed by atoms with van der Waals surface area (Å²) >= 11 is 1.09. The van der Waals surface area contributed by atoms with Crippen LogP contribution in [0.5, 0.6) is 5.88 Å². The summed E-state index contributed by atoms with van der Waals surface area (Å²) in [4.78, 5) is 2.12. The fourth-order valence-corrected chi connectivity index (χ4v) is 2.33. The largest absolute Gasteiger partial charge is 0.472 e. The van der Waals surface area contributed by atoms with Gasteiger partial charge in [0.1, 0.15) is 12.7 Å². The molecule has 8 heteroatoms. The molecule has 0 bridgehead atoms. The van der Waals surface area contributed by atoms with E-state index < -0.39 is 6.10 Å². The van der Waals surface area contributed by atoms with Gasteiger partial charge in [0, 0.05) is 25.7 Å². The molecule has 102 valence electrons. The molecule has 2 heterocycles. The topological polar surface area (TPSA) is 90.7 Å². The Morgan fingerprint density at radius 3 is 3.17 bits per heavy atom. The number of hydrogen-bond donors (Lipinski definition) is 3. The minimum atomic E-state index is -0.888. The summed E-state index contributed by atoms with van der Waals surface area (Å²) in [5.74, 6) is 1.15. The Balaban J connectivity index is 1.98. The normalized spacial score (nSPS) is 21.9. The number of anilines is 1. The summed E-state index contributed by atoms with van der Waals surface area (Å²) in [6.45, 7) is 4.42. The summed E-state index contributed by atoms with van der Waals surface area (Å²) in [5, 5.41) is 21.3. The van der Waals surface area contributed by atoms with Gasteiger partial charge in [0.2, 0.25) is 5.82 Å². The van der Waals surface area contributed by atoms with Gasteiger partial charge in [-0.3, -0.25) is 0 Å². The van der Waals surface area contributed by atoms with Crippen molar-refractivity contribution in [2.45, 2.75) is 19.1 Å². The molecule has 7 nitrogen and oxygen atoms in total. The summed E-state index contributed by atoms with van der Waals surface area (Å²) in [6, 6.07) is 0.399. The zero-order valence-corrected chi connectivity index (χ0v) is 11.1. The fourth-order valence-electron chi connectivity index (χ4n) is 1.81. The van der Waals surface area contributed by atoms with Crippen LogP contribution in [0.4, 0.5) is 5.82 Å². The maximum atomic E-state index is 9.26. The summed E-state index contributed by atoms with van der Waals surface area (Å²) in [5.41, 5.74) is 0. The van der Waals surface area contributed by atoms with E-state index >= 15 is 0 Å². The Labute approximate surface area is 110 Å². The second-order valence-electron chi connectivity index (χ2n) is 4.34. The van der Waals surface area contributed by atoms with Crippen molar-refractivity contribution in [1.29, 1.82) is 0 Å². The molecule has 2 atom stereocenters. The van der Waals surface area contributed by atoms with Crippen molar-refractivity contribution in [1.82, 2.24) is 14.1 Å². The molecular formula is C10H18N4O3S. The minimum Gasteiger partial charge on any atom is -0.472 e. The second-order valence-corrected chi connectivity index (χ2v) is 4.87. The first-order valence-corrected chi connectivity index (χ1v) is 6.66. The lowest BCUT2D eigenvalue weighted by atomic mass is 10.2. The number of aromatic nitrogens is 2. The van der Waals surface area contributed by atoms with E-state index in [1.807, 2.05) is 0 Å². The van der Waals surface area contributed by atoms with E-state index in [0.717, 1.165) is 37.2 Å². The van der Waals surface area contributed by atoms with Crippen LogP contribution < -0.4 is 15.0 Å². The van der Waals surface area contributed by atoms with Gasteiger partial charge in [0.15, 0.2) is 0 Å². The lowest BCUT2D eigenvalue weighted by Gasteiger charge is -2.31. The lowest BCUT2D eigenvalue weighted by Crippen LogP contribution is -2.49. The first-order chi connectivity index (χ1) is 8.70. The van der Waals surface area contributed by atoms with Crippen LogP contribution in [0.15, 0.2) is 0 Å². The Hall–Kier alpha value is -0.960. The second kappa shape index (κ2) is 6.28. The van der Waals surface area contributed by atoms with E-state index in [1.165, 1.54) is 0 Å². The van der Waals surface area contributed by atoms with Crippen molar-refractivity contribution in [2.75, 3.05) is 37.7 Å². The van der Waals surface area contributed by atoms with Gasteiger partial charge in [-0.2, -0.15) is 4.37 Å². The van der Waals surface area contributed by atoms with Gasteiger partial charge in [-0.25, -0.2) is 0 Å². The van der Waals surface area contributed by atoms with Crippen LogP contribution in [-0.4, -0.2) is 64.0 Å². The van der Waals surface area contributed by atoms with Crippen LogP contribution in [0.1, 0.15) is 6.92 Å². The van der Waals surface area contributed by atoms with Crippen LogP contribution in [0, 0.1) is 0 Å². The first kappa shape index (κ1) is 13.5. The van der Waals surface area contributed by atoms with Crippen molar-refractivity contribution in [3.05, 3.63) is 0 Å². The van der Waals surface area contributed by atoms with E-state index in [2.05, 4.69) is 25.9 Å². The average molecular weight is 274 g/mol. The highest BCUT2D eigenvalue weighted by molar-refractivity contribution is 6.99. The quantitative estimate of drug-likeness (QED) is 0.639. The van der Waals surface area contributed by atoms with Crippen molar-refractivity contribution in [2.24, 2.45) is 0 Å². The van der Waals surface area contributed by atoms with Gasteiger partial charge in [-0.15, -0.1) is 4.37 Å². The number of piperazine rings is 1. The number of rotatable bonds is 5. The molecule has 1 aromatic heterocycles. The highest BCUT2D eigenvalue weighted by atomic mass is 32.1. The Kier molecular flexibility index (Phi) is 4.70. The van der Waals surface area contributed by atoms with E-state index in [4.69, 9.17) is 9.84 Å². The molecule has 1 aliphatic rings. The van der Waals surface area contributed by atoms with Gasteiger partial charge >= 0.3 is 0 Å². The third kappa shape index (κ3) is 3.29. The van der Waals surface area contributed by atoms with Crippen molar-refractivity contribution in [3.8, 4) is 5.88 Å². The molecule has 1 fully saturated rings. The predicted molar refractivity (Wildman–Crippen MR) is 68.2 cm³/mol. The van der Waals surface area contributed by atoms with Crippen LogP contribution in [-0.2, 0) is 0 Å². The first-order valence-electron chi connectivity index (χ1n) is 5.93. The number of ether oxygens (including phenoxy) is 1. The molecule has 3 N–H and O–H groups in total. The van der Waals surface area contributed by atoms with Gasteiger partial charge < -0.3 is 25.2 Å². The molecule has 0 aliphatic carbocycles. The number of aliphatic hydroxyl groups excluding tert-OH is 2. The predicted octanol–water partition coefficient (Wildman–Crippen LogP) is -0.932. The van der Waals surface area contributed by atoms with Gasteiger partial charge in [0.25, 0.3) is 5.88 Å². The van der Waals surface area contributed by atoms with E-state index in [1.54, 1.807) is 0 Å². The number of nitrogens with zero attached hydrogens (tertiary/aromatic N) is 3. The highest BCUT2D eigenvalue weighted by Crippen LogP contribution is 2.26. The molecule has 1 aliphatic heterocycles. The van der Waals surface area contributed by atoms with Crippen LogP contribution >= 0.6 is 11.7 Å². The molecule has 1 aromatic rings. The molecule has 0 spiro atoms. The zero-order chi connectivity index (χ0) is 13.0.